The van der Waals surface area contributed by atoms with Crippen molar-refractivity contribution in [2.75, 3.05) is 7.11 Å². The summed E-state index contributed by atoms with van der Waals surface area (Å²) in [6.07, 6.45) is -0.213. The van der Waals surface area contributed by atoms with Crippen LogP contribution in [-0.2, 0) is 14.3 Å². The molecule has 0 fully saturated rings. The molecule has 8 aromatic carbocycles. The maximum absolute atomic E-state index is 12.4. The van der Waals surface area contributed by atoms with Gasteiger partial charge in [-0.1, -0.05) is 64.6 Å². The molecule has 0 aliphatic heterocycles. The molecule has 0 heterocycles. The van der Waals surface area contributed by atoms with Gasteiger partial charge in [-0.3, -0.25) is 19.2 Å². The number of aromatic hydroxyl groups is 1. The molecular formula is C64H57Cl5O12. The summed E-state index contributed by atoms with van der Waals surface area (Å²) >= 11 is 28.1. The first-order valence-electron chi connectivity index (χ1n) is 24.6. The molecule has 420 valence electrons. The molecule has 0 amide bonds. The molecule has 0 saturated carbocycles. The Morgan fingerprint density at radius 3 is 0.963 bits per heavy atom. The van der Waals surface area contributed by atoms with Gasteiger partial charge in [0.1, 0.15) is 23.0 Å². The first-order chi connectivity index (χ1) is 38.3. The van der Waals surface area contributed by atoms with E-state index in [-0.39, 0.29) is 29.2 Å². The maximum Gasteiger partial charge on any atom is 0.350 e. The van der Waals surface area contributed by atoms with Gasteiger partial charge in [-0.2, -0.15) is 0 Å². The Morgan fingerprint density at radius 2 is 0.691 bits per heavy atom. The molecule has 0 unspecified atom stereocenters. The summed E-state index contributed by atoms with van der Waals surface area (Å²) in [4.78, 5) is 70.2. The van der Waals surface area contributed by atoms with Crippen molar-refractivity contribution >= 4 is 92.5 Å². The minimum Gasteiger partial charge on any atom is -0.508 e. The molecule has 17 heteroatoms. The molecule has 12 nitrogen and oxygen atoms in total. The van der Waals surface area contributed by atoms with Crippen molar-refractivity contribution in [1.82, 2.24) is 0 Å². The number of para-hydroxylation sites is 1. The van der Waals surface area contributed by atoms with Crippen LogP contribution in [0.4, 0.5) is 0 Å². The fourth-order valence-electron chi connectivity index (χ4n) is 6.43. The number of halogens is 5. The predicted octanol–water partition coefficient (Wildman–Crippen LogP) is 16.2. The highest BCUT2D eigenvalue weighted by molar-refractivity contribution is 6.67. The van der Waals surface area contributed by atoms with E-state index in [1.807, 2.05) is 30.3 Å². The van der Waals surface area contributed by atoms with Gasteiger partial charge in [-0.05, 0) is 235 Å². The van der Waals surface area contributed by atoms with Gasteiger partial charge < -0.3 is 29.2 Å². The number of ether oxygens (including phenoxy) is 4. The number of methoxy groups -OCH3 is 1. The minimum absolute atomic E-state index is 0.0864. The SMILES string of the molecule is CC(C)(Oc1ccc(C(=O)c2ccc(Cl)cc2)cc1)C(=O)O.CC(C)OC(=O)C(C)(C)Oc1ccc(C(=O)c2ccc(Cl)cc2)cc1.COc1ccccc1.O=C(Cl)c1ccc(Cl)cc1.O=C(c1ccc(O)cc1)c1ccc(Cl)cc1. The minimum atomic E-state index is -1.33. The van der Waals surface area contributed by atoms with E-state index in [2.05, 4.69) is 0 Å². The number of aliphatic carboxylic acids is 1. The third-order valence-corrected chi connectivity index (χ3v) is 12.1. The molecule has 0 aliphatic rings. The largest absolute Gasteiger partial charge is 0.508 e. The molecule has 81 heavy (non-hydrogen) atoms. The number of carboxylic acids is 1. The number of hydrogen-bond acceptors (Lipinski definition) is 11. The standard InChI is InChI=1S/C20H21ClO4.C17H15ClO4.C13H9ClO2.C7H4Cl2O.C7H8O/c1-13(2)24-19(23)20(3,4)25-17-11-7-15(8-12-17)18(22)14-5-9-16(21)10-6-14;1-17(2,16(20)21)22-14-9-5-12(6-10-14)15(19)11-3-7-13(18)8-4-11;14-11-5-1-9(2-6-11)13(16)10-3-7-12(15)8-4-10;8-6-3-1-5(2-4-6)7(9)10;1-8-7-5-3-2-4-6-7/h5-13H,1-4H3;3-10H,1-2H3,(H,20,21);1-8,15H;1-4H;2-6H,1H3. The highest BCUT2D eigenvalue weighted by Gasteiger charge is 2.33. The maximum atomic E-state index is 12.4. The van der Waals surface area contributed by atoms with E-state index in [0.29, 0.717) is 70.5 Å². The number of carbonyl (C=O) groups is 6. The molecule has 0 saturated heterocycles. The van der Waals surface area contributed by atoms with Crippen LogP contribution in [0.1, 0.15) is 99.7 Å². The number of carboxylic acid groups (broad SMARTS) is 1. The van der Waals surface area contributed by atoms with E-state index in [9.17, 15) is 28.8 Å². The number of esters is 1. The smallest absolute Gasteiger partial charge is 0.350 e. The average Bonchev–Trinajstić information content (AvgIpc) is 3.44. The van der Waals surface area contributed by atoms with Crippen LogP contribution >= 0.6 is 58.0 Å². The van der Waals surface area contributed by atoms with Crippen molar-refractivity contribution in [1.29, 1.82) is 0 Å². The monoisotopic (exact) mass is 1190 g/mol. The van der Waals surface area contributed by atoms with Crippen LogP contribution in [0.15, 0.2) is 200 Å². The number of hydrogen-bond donors (Lipinski definition) is 2. The summed E-state index contributed by atoms with van der Waals surface area (Å²) in [6, 6.07) is 55.3. The Labute approximate surface area is 495 Å². The number of carbonyl (C=O) groups excluding carboxylic acids is 5. The van der Waals surface area contributed by atoms with Crippen LogP contribution in [0.3, 0.4) is 0 Å². The summed E-state index contributed by atoms with van der Waals surface area (Å²) in [5, 5.41) is 20.0. The van der Waals surface area contributed by atoms with E-state index in [0.717, 1.165) is 5.75 Å². The molecular weight excluding hydrogens is 1140 g/mol. The lowest BCUT2D eigenvalue weighted by Gasteiger charge is -2.25. The van der Waals surface area contributed by atoms with Gasteiger partial charge in [0.05, 0.1) is 13.2 Å². The Morgan fingerprint density at radius 1 is 0.407 bits per heavy atom. The highest BCUT2D eigenvalue weighted by Crippen LogP contribution is 2.24. The first-order valence-corrected chi connectivity index (χ1v) is 26.4. The number of phenolic OH excluding ortho intramolecular Hbond substituents is 1. The van der Waals surface area contributed by atoms with Gasteiger partial charge >= 0.3 is 11.9 Å². The number of phenols is 1. The molecule has 8 rings (SSSR count). The first kappa shape index (κ1) is 65.5. The van der Waals surface area contributed by atoms with Crippen LogP contribution in [0.5, 0.6) is 23.0 Å². The molecule has 0 aliphatic carbocycles. The van der Waals surface area contributed by atoms with Gasteiger partial charge in [0.25, 0.3) is 5.24 Å². The fraction of sp³-hybridized carbons (Fsp3) is 0.156. The molecule has 0 aromatic heterocycles. The third kappa shape index (κ3) is 22.2. The summed E-state index contributed by atoms with van der Waals surface area (Å²) in [5.41, 5.74) is 1.23. The zero-order chi connectivity index (χ0) is 59.9. The zero-order valence-corrected chi connectivity index (χ0v) is 48.8. The second-order valence-corrected chi connectivity index (χ2v) is 20.5. The van der Waals surface area contributed by atoms with Crippen molar-refractivity contribution in [2.45, 2.75) is 58.8 Å². The van der Waals surface area contributed by atoms with Gasteiger partial charge in [0.15, 0.2) is 28.6 Å². The number of ketones is 3. The van der Waals surface area contributed by atoms with Crippen molar-refractivity contribution in [2.24, 2.45) is 0 Å². The number of rotatable bonds is 15. The van der Waals surface area contributed by atoms with Gasteiger partial charge in [-0.15, -0.1) is 0 Å². The predicted molar refractivity (Wildman–Crippen MR) is 319 cm³/mol. The topological polar surface area (TPSA) is 180 Å². The van der Waals surface area contributed by atoms with Crippen molar-refractivity contribution < 1.29 is 57.9 Å². The van der Waals surface area contributed by atoms with Gasteiger partial charge in [0.2, 0.25) is 0 Å². The molecule has 0 spiro atoms. The molecule has 8 aromatic rings. The second kappa shape index (κ2) is 31.7. The Hall–Kier alpha value is -7.97. The lowest BCUT2D eigenvalue weighted by molar-refractivity contribution is -0.163. The van der Waals surface area contributed by atoms with Crippen molar-refractivity contribution in [3.63, 3.8) is 0 Å². The van der Waals surface area contributed by atoms with Crippen LogP contribution < -0.4 is 14.2 Å². The average molecular weight is 1200 g/mol. The normalized spacial score (nSPS) is 10.5. The van der Waals surface area contributed by atoms with Gasteiger partial charge in [0, 0.05) is 59.0 Å². The van der Waals surface area contributed by atoms with Gasteiger partial charge in [-0.25, -0.2) is 9.59 Å². The molecule has 0 atom stereocenters. The molecule has 0 radical (unpaired) electrons. The lowest BCUT2D eigenvalue weighted by Crippen LogP contribution is -2.40. The van der Waals surface area contributed by atoms with Crippen LogP contribution in [0.2, 0.25) is 20.1 Å². The van der Waals surface area contributed by atoms with Crippen molar-refractivity contribution in [3.05, 3.63) is 259 Å². The summed E-state index contributed by atoms with van der Waals surface area (Å²) < 4.78 is 21.2. The lowest BCUT2D eigenvalue weighted by atomic mass is 10.0. The Kier molecular flexibility index (Phi) is 25.7. The van der Waals surface area contributed by atoms with Crippen LogP contribution in [0.25, 0.3) is 0 Å². The van der Waals surface area contributed by atoms with E-state index in [1.165, 1.54) is 26.0 Å². The molecule has 2 N–H and O–H groups in total. The quantitative estimate of drug-likeness (QED) is 0.0564. The Bertz CT molecular complexity index is 3270. The third-order valence-electron chi connectivity index (χ3n) is 10.8. The van der Waals surface area contributed by atoms with E-state index in [4.69, 9.17) is 87.2 Å². The van der Waals surface area contributed by atoms with E-state index < -0.39 is 28.4 Å². The highest BCUT2D eigenvalue weighted by atomic mass is 35.5. The van der Waals surface area contributed by atoms with E-state index >= 15 is 0 Å². The van der Waals surface area contributed by atoms with E-state index in [1.54, 1.807) is 193 Å². The van der Waals surface area contributed by atoms with Crippen LogP contribution in [-0.4, -0.2) is 69.2 Å². The fourth-order valence-corrected chi connectivity index (χ4v) is 7.06. The summed E-state index contributed by atoms with van der Waals surface area (Å²) in [7, 11) is 1.66. The summed E-state index contributed by atoms with van der Waals surface area (Å²) in [5.74, 6) is 0.0929. The summed E-state index contributed by atoms with van der Waals surface area (Å²) in [6.45, 7) is 9.77. The zero-order valence-electron chi connectivity index (χ0n) is 45.0. The number of benzene rings is 8. The Balaban J connectivity index is 0.000000230. The van der Waals surface area contributed by atoms with Crippen molar-refractivity contribution in [3.8, 4) is 23.0 Å². The van der Waals surface area contributed by atoms with Crippen LogP contribution in [0, 0.1) is 0 Å². The second-order valence-electron chi connectivity index (χ2n) is 18.4. The molecule has 0 bridgehead atoms.